The number of nitrogens with zero attached hydrogens (tertiary/aromatic N) is 2. The Morgan fingerprint density at radius 1 is 1.33 bits per heavy atom. The summed E-state index contributed by atoms with van der Waals surface area (Å²) in [5, 5.41) is 4.73. The molecule has 0 aromatic carbocycles. The topological polar surface area (TPSA) is 27.1 Å². The molecule has 2 heterocycles. The van der Waals surface area contributed by atoms with Gasteiger partial charge in [0.1, 0.15) is 0 Å². The Kier molecular flexibility index (Phi) is 4.73. The van der Waals surface area contributed by atoms with Crippen LogP contribution in [0.5, 0.6) is 0 Å². The van der Waals surface area contributed by atoms with Gasteiger partial charge in [0.15, 0.2) is 0 Å². The average molecular weight is 268 g/mol. The van der Waals surface area contributed by atoms with Crippen molar-refractivity contribution in [1.29, 1.82) is 0 Å². The third-order valence-corrected chi connectivity index (χ3v) is 4.68. The first-order valence-corrected chi connectivity index (χ1v) is 7.60. The van der Waals surface area contributed by atoms with E-state index in [0.717, 1.165) is 51.2 Å². The van der Waals surface area contributed by atoms with Crippen molar-refractivity contribution < 1.29 is 4.74 Å². The van der Waals surface area contributed by atoms with E-state index in [-0.39, 0.29) is 5.41 Å². The van der Waals surface area contributed by atoms with Crippen LogP contribution in [0.3, 0.4) is 0 Å². The van der Waals surface area contributed by atoms with E-state index < -0.39 is 0 Å². The first-order valence-electron chi connectivity index (χ1n) is 6.97. The van der Waals surface area contributed by atoms with Gasteiger partial charge in [0.2, 0.25) is 0 Å². The maximum Gasteiger partial charge on any atom is 0.0624 e. The van der Waals surface area contributed by atoms with Gasteiger partial charge in [-0.2, -0.15) is 17.7 Å². The highest BCUT2D eigenvalue weighted by atomic mass is 32.1. The van der Waals surface area contributed by atoms with E-state index >= 15 is 0 Å². The molecule has 0 N–H and O–H groups in total. The van der Waals surface area contributed by atoms with Crippen molar-refractivity contribution in [3.63, 3.8) is 0 Å². The van der Waals surface area contributed by atoms with Crippen molar-refractivity contribution in [1.82, 2.24) is 9.78 Å². The highest BCUT2D eigenvalue weighted by Gasteiger charge is 2.32. The average Bonchev–Trinajstić information content (AvgIpc) is 2.82. The normalized spacial score (nSPS) is 19.1. The number of thiol groups is 1. The van der Waals surface area contributed by atoms with Crippen LogP contribution in [0, 0.1) is 5.41 Å². The van der Waals surface area contributed by atoms with E-state index in [1.165, 1.54) is 11.4 Å². The van der Waals surface area contributed by atoms with Crippen LogP contribution < -0.4 is 0 Å². The van der Waals surface area contributed by atoms with Crippen molar-refractivity contribution in [3.05, 3.63) is 17.5 Å². The summed E-state index contributed by atoms with van der Waals surface area (Å²) in [5.74, 6) is 0.917. The van der Waals surface area contributed by atoms with E-state index in [0.29, 0.717) is 0 Å². The van der Waals surface area contributed by atoms with Crippen LogP contribution in [0.25, 0.3) is 0 Å². The van der Waals surface area contributed by atoms with Gasteiger partial charge in [-0.3, -0.25) is 4.68 Å². The first-order chi connectivity index (χ1) is 8.73. The fraction of sp³-hybridized carbons (Fsp3) is 0.786. The minimum Gasteiger partial charge on any atom is -0.381 e. The number of rotatable bonds is 5. The number of ether oxygens (including phenoxy) is 1. The monoisotopic (exact) mass is 268 g/mol. The van der Waals surface area contributed by atoms with Gasteiger partial charge in [-0.05, 0) is 37.5 Å². The third kappa shape index (κ3) is 2.91. The second kappa shape index (κ2) is 6.11. The summed E-state index contributed by atoms with van der Waals surface area (Å²) in [6.07, 6.45) is 4.26. The molecule has 3 nitrogen and oxygen atoms in total. The lowest BCUT2D eigenvalue weighted by Crippen LogP contribution is -2.36. The summed E-state index contributed by atoms with van der Waals surface area (Å²) in [6.45, 7) is 7.08. The van der Waals surface area contributed by atoms with Gasteiger partial charge in [0, 0.05) is 30.9 Å². The fourth-order valence-electron chi connectivity index (χ4n) is 2.60. The Bertz CT molecular complexity index is 383. The van der Waals surface area contributed by atoms with E-state index in [1.807, 2.05) is 0 Å². The van der Waals surface area contributed by atoms with Crippen LogP contribution in [-0.4, -0.2) is 28.7 Å². The van der Waals surface area contributed by atoms with Crippen LogP contribution in [0.1, 0.15) is 38.1 Å². The molecule has 1 saturated heterocycles. The predicted octanol–water partition coefficient (Wildman–Crippen LogP) is 2.73. The summed E-state index contributed by atoms with van der Waals surface area (Å²) in [7, 11) is 0. The van der Waals surface area contributed by atoms with Crippen molar-refractivity contribution >= 4 is 12.6 Å². The Morgan fingerprint density at radius 2 is 2.06 bits per heavy atom. The van der Waals surface area contributed by atoms with Crippen LogP contribution in [0.4, 0.5) is 0 Å². The van der Waals surface area contributed by atoms with E-state index in [2.05, 4.69) is 37.2 Å². The summed E-state index contributed by atoms with van der Waals surface area (Å²) in [5.41, 5.74) is 2.82. The Labute approximate surface area is 115 Å². The Hall–Kier alpha value is -0.480. The van der Waals surface area contributed by atoms with Crippen molar-refractivity contribution in [2.45, 2.75) is 46.1 Å². The van der Waals surface area contributed by atoms with E-state index in [4.69, 9.17) is 9.84 Å². The molecule has 0 atom stereocenters. The lowest BCUT2D eigenvalue weighted by molar-refractivity contribution is 0.0161. The minimum absolute atomic E-state index is 0.266. The summed E-state index contributed by atoms with van der Waals surface area (Å²) >= 11 is 4.58. The fourth-order valence-corrected chi connectivity index (χ4v) is 3.01. The van der Waals surface area contributed by atoms with Gasteiger partial charge < -0.3 is 4.74 Å². The molecule has 0 unspecified atom stereocenters. The molecular weight excluding hydrogens is 244 g/mol. The SMILES string of the molecule is CCc1cc(CC)n(CC2(CS)CCOCC2)n1. The molecule has 0 saturated carbocycles. The molecule has 4 heteroatoms. The highest BCUT2D eigenvalue weighted by molar-refractivity contribution is 7.80. The maximum atomic E-state index is 5.48. The molecule has 18 heavy (non-hydrogen) atoms. The van der Waals surface area contributed by atoms with Gasteiger partial charge in [0.25, 0.3) is 0 Å². The summed E-state index contributed by atoms with van der Waals surface area (Å²) in [4.78, 5) is 0. The predicted molar refractivity (Wildman–Crippen MR) is 77.3 cm³/mol. The second-order valence-corrected chi connectivity index (χ2v) is 5.58. The molecule has 0 spiro atoms. The Morgan fingerprint density at radius 3 is 2.61 bits per heavy atom. The van der Waals surface area contributed by atoms with Crippen molar-refractivity contribution in [2.75, 3.05) is 19.0 Å². The molecule has 1 aromatic heterocycles. The molecule has 2 rings (SSSR count). The smallest absolute Gasteiger partial charge is 0.0624 e. The van der Waals surface area contributed by atoms with Gasteiger partial charge in [-0.25, -0.2) is 0 Å². The molecular formula is C14H24N2OS. The zero-order chi connectivity index (χ0) is 13.0. The second-order valence-electron chi connectivity index (χ2n) is 5.26. The lowest BCUT2D eigenvalue weighted by atomic mass is 9.82. The lowest BCUT2D eigenvalue weighted by Gasteiger charge is -2.36. The van der Waals surface area contributed by atoms with Crippen LogP contribution in [-0.2, 0) is 24.1 Å². The Balaban J connectivity index is 2.17. The van der Waals surface area contributed by atoms with Gasteiger partial charge >= 0.3 is 0 Å². The summed E-state index contributed by atoms with van der Waals surface area (Å²) in [6, 6.07) is 2.24. The zero-order valence-corrected chi connectivity index (χ0v) is 12.4. The first kappa shape index (κ1) is 13.9. The van der Waals surface area contributed by atoms with Crippen molar-refractivity contribution in [3.8, 4) is 0 Å². The molecule has 0 aliphatic carbocycles. The van der Waals surface area contributed by atoms with Gasteiger partial charge in [-0.1, -0.05) is 13.8 Å². The number of hydrogen-bond acceptors (Lipinski definition) is 3. The van der Waals surface area contributed by atoms with Crippen LogP contribution in [0.2, 0.25) is 0 Å². The largest absolute Gasteiger partial charge is 0.381 e. The number of aromatic nitrogens is 2. The highest BCUT2D eigenvalue weighted by Crippen LogP contribution is 2.34. The molecule has 0 radical (unpaired) electrons. The van der Waals surface area contributed by atoms with Gasteiger partial charge in [0.05, 0.1) is 5.69 Å². The maximum absolute atomic E-state index is 5.48. The molecule has 0 bridgehead atoms. The molecule has 1 aromatic rings. The van der Waals surface area contributed by atoms with Crippen LogP contribution >= 0.6 is 12.6 Å². The molecule has 102 valence electrons. The third-order valence-electron chi connectivity index (χ3n) is 4.01. The number of aryl methyl sites for hydroxylation is 2. The van der Waals surface area contributed by atoms with Gasteiger partial charge in [-0.15, -0.1) is 0 Å². The van der Waals surface area contributed by atoms with Crippen LogP contribution in [0.15, 0.2) is 6.07 Å². The van der Waals surface area contributed by atoms with Crippen molar-refractivity contribution in [2.24, 2.45) is 5.41 Å². The minimum atomic E-state index is 0.266. The zero-order valence-electron chi connectivity index (χ0n) is 11.5. The van der Waals surface area contributed by atoms with E-state index in [1.54, 1.807) is 0 Å². The quantitative estimate of drug-likeness (QED) is 0.831. The molecule has 1 aliphatic rings. The number of hydrogen-bond donors (Lipinski definition) is 1. The van der Waals surface area contributed by atoms with E-state index in [9.17, 15) is 0 Å². The molecule has 1 fully saturated rings. The summed E-state index contributed by atoms with van der Waals surface area (Å²) < 4.78 is 7.69. The molecule has 0 amide bonds. The molecule has 1 aliphatic heterocycles. The standard InChI is InChI=1S/C14H24N2OS/c1-3-12-9-13(4-2)16(15-12)10-14(11-18)5-7-17-8-6-14/h9,18H,3-8,10-11H2,1-2H3.